The molecular formula is C23H48O2Si. The maximum atomic E-state index is 8.23. The molecule has 1 saturated heterocycles. The molecule has 0 bridgehead atoms. The van der Waals surface area contributed by atoms with E-state index in [2.05, 4.69) is 27.7 Å². The van der Waals surface area contributed by atoms with Gasteiger partial charge in [-0.05, 0) is 50.7 Å². The van der Waals surface area contributed by atoms with Crippen LogP contribution in [0, 0.1) is 17.8 Å². The van der Waals surface area contributed by atoms with Crippen LogP contribution >= 0.6 is 0 Å². The highest BCUT2D eigenvalue weighted by atomic mass is 28.4. The zero-order valence-electron chi connectivity index (χ0n) is 21.0. The van der Waals surface area contributed by atoms with Crippen LogP contribution in [0.15, 0.2) is 0 Å². The molecule has 0 aromatic carbocycles. The van der Waals surface area contributed by atoms with Gasteiger partial charge in [0.15, 0.2) is 8.32 Å². The summed E-state index contributed by atoms with van der Waals surface area (Å²) in [5.41, 5.74) is -0.339. The van der Waals surface area contributed by atoms with E-state index in [9.17, 15) is 0 Å². The van der Waals surface area contributed by atoms with Crippen LogP contribution in [0.2, 0.25) is 19.6 Å². The Morgan fingerprint density at radius 1 is 0.923 bits per heavy atom. The lowest BCUT2D eigenvalue weighted by Crippen LogP contribution is -2.29. The van der Waals surface area contributed by atoms with E-state index in [0.29, 0.717) is 0 Å². The normalized spacial score (nSPS) is 27.2. The smallest absolute Gasteiger partial charge is 0.183 e. The van der Waals surface area contributed by atoms with Crippen LogP contribution in [-0.2, 0) is 9.16 Å². The lowest BCUT2D eigenvalue weighted by Gasteiger charge is -2.17. The van der Waals surface area contributed by atoms with E-state index < -0.39 is 21.0 Å². The Bertz CT molecular complexity index is 450. The predicted octanol–water partition coefficient (Wildman–Crippen LogP) is 7.43. The summed E-state index contributed by atoms with van der Waals surface area (Å²) < 4.78 is 28.0. The van der Waals surface area contributed by atoms with Crippen LogP contribution in [0.5, 0.6) is 0 Å². The molecule has 4 atom stereocenters. The molecule has 0 aromatic heterocycles. The maximum absolute atomic E-state index is 8.23. The molecule has 0 aliphatic carbocycles. The standard InChI is InChI=1S/C23H48O2Si/c1-19(2)12-9-13-20(3)14-10-15-21(4)16-11-17-23(5)22(25-23)18-24-26(6,7)8/h19-22H,9-18H2,1-8H3/i18D2. The summed E-state index contributed by atoms with van der Waals surface area (Å²) in [6.45, 7) is 15.9. The number of ether oxygens (including phenoxy) is 1. The molecule has 0 saturated carbocycles. The molecule has 156 valence electrons. The molecule has 1 heterocycles. The molecule has 0 N–H and O–H groups in total. The third kappa shape index (κ3) is 11.1. The van der Waals surface area contributed by atoms with Crippen LogP contribution < -0.4 is 0 Å². The van der Waals surface area contributed by atoms with Crippen molar-refractivity contribution in [2.45, 2.75) is 124 Å². The van der Waals surface area contributed by atoms with Gasteiger partial charge in [-0.25, -0.2) is 0 Å². The van der Waals surface area contributed by atoms with Crippen LogP contribution in [0.1, 0.15) is 95.1 Å². The summed E-state index contributed by atoms with van der Waals surface area (Å²) in [6.07, 6.45) is 11.0. The van der Waals surface area contributed by atoms with E-state index in [4.69, 9.17) is 11.9 Å². The molecule has 26 heavy (non-hydrogen) atoms. The monoisotopic (exact) mass is 386 g/mol. The van der Waals surface area contributed by atoms with Crippen molar-refractivity contribution >= 4 is 8.32 Å². The van der Waals surface area contributed by atoms with Crippen molar-refractivity contribution in [2.75, 3.05) is 6.56 Å². The first-order valence-electron chi connectivity index (χ1n) is 12.1. The quantitative estimate of drug-likeness (QED) is 0.215. The van der Waals surface area contributed by atoms with Gasteiger partial charge >= 0.3 is 0 Å². The number of hydrogen-bond donors (Lipinski definition) is 0. The zero-order valence-corrected chi connectivity index (χ0v) is 20.0. The third-order valence-electron chi connectivity index (χ3n) is 5.60. The molecule has 0 aromatic rings. The summed E-state index contributed by atoms with van der Waals surface area (Å²) >= 11 is 0. The molecule has 0 spiro atoms. The first kappa shape index (κ1) is 20.9. The lowest BCUT2D eigenvalue weighted by atomic mass is 9.90. The minimum Gasteiger partial charge on any atom is -0.415 e. The van der Waals surface area contributed by atoms with Crippen molar-refractivity contribution in [3.63, 3.8) is 0 Å². The van der Waals surface area contributed by atoms with Crippen LogP contribution in [-0.4, -0.2) is 26.6 Å². The second kappa shape index (κ2) is 11.2. The SMILES string of the molecule is [2H]C([2H])(O[Si](C)(C)C)C1OC1(C)CCCC(C)CCCC(C)CCCC(C)C. The van der Waals surface area contributed by atoms with Gasteiger partial charge < -0.3 is 9.16 Å². The maximum Gasteiger partial charge on any atom is 0.183 e. The molecule has 0 radical (unpaired) electrons. The van der Waals surface area contributed by atoms with Crippen molar-refractivity contribution in [2.24, 2.45) is 17.8 Å². The van der Waals surface area contributed by atoms with Crippen LogP contribution in [0.25, 0.3) is 0 Å². The van der Waals surface area contributed by atoms with Crippen molar-refractivity contribution in [1.82, 2.24) is 0 Å². The van der Waals surface area contributed by atoms with Crippen molar-refractivity contribution in [1.29, 1.82) is 0 Å². The Hall–Kier alpha value is 0.137. The molecule has 2 nitrogen and oxygen atoms in total. The molecule has 4 unspecified atom stereocenters. The Morgan fingerprint density at radius 2 is 1.42 bits per heavy atom. The summed E-state index contributed by atoms with van der Waals surface area (Å²) in [4.78, 5) is 0. The molecule has 3 heteroatoms. The van der Waals surface area contributed by atoms with Crippen molar-refractivity contribution in [3.8, 4) is 0 Å². The van der Waals surface area contributed by atoms with E-state index in [1.807, 2.05) is 26.6 Å². The molecule has 0 amide bonds. The van der Waals surface area contributed by atoms with Crippen molar-refractivity contribution in [3.05, 3.63) is 0 Å². The Balaban J connectivity index is 2.17. The van der Waals surface area contributed by atoms with E-state index in [1.165, 1.54) is 44.9 Å². The fraction of sp³-hybridized carbons (Fsp3) is 1.00. The number of hydrogen-bond acceptors (Lipinski definition) is 2. The molecule has 1 aliphatic heterocycles. The summed E-state index contributed by atoms with van der Waals surface area (Å²) in [6, 6.07) is 0. The van der Waals surface area contributed by atoms with Gasteiger partial charge in [0.25, 0.3) is 0 Å². The molecular weight excluding hydrogens is 336 g/mol. The van der Waals surface area contributed by atoms with Gasteiger partial charge in [-0.2, -0.15) is 0 Å². The second-order valence-corrected chi connectivity index (χ2v) is 14.9. The van der Waals surface area contributed by atoms with Crippen molar-refractivity contribution < 1.29 is 11.9 Å². The first-order chi connectivity index (χ1) is 12.8. The average molecular weight is 387 g/mol. The average Bonchev–Trinajstić information content (AvgIpc) is 3.17. The molecule has 1 rings (SSSR count). The van der Waals surface area contributed by atoms with Gasteiger partial charge in [0, 0.05) is 0 Å². The highest BCUT2D eigenvalue weighted by molar-refractivity contribution is 6.69. The second-order valence-electron chi connectivity index (χ2n) is 10.5. The largest absolute Gasteiger partial charge is 0.415 e. The lowest BCUT2D eigenvalue weighted by molar-refractivity contribution is 0.243. The van der Waals surface area contributed by atoms with Gasteiger partial charge in [0.05, 0.1) is 14.9 Å². The summed E-state index contributed by atoms with van der Waals surface area (Å²) in [5.74, 6) is 2.44. The highest BCUT2D eigenvalue weighted by Crippen LogP contribution is 2.41. The van der Waals surface area contributed by atoms with E-state index in [0.717, 1.165) is 30.6 Å². The Labute approximate surface area is 168 Å². The third-order valence-corrected chi connectivity index (χ3v) is 6.33. The van der Waals surface area contributed by atoms with E-state index in [-0.39, 0.29) is 5.60 Å². The summed E-state index contributed by atoms with van der Waals surface area (Å²) in [7, 11) is -1.92. The van der Waals surface area contributed by atoms with Gasteiger partial charge in [-0.1, -0.05) is 79.1 Å². The van der Waals surface area contributed by atoms with E-state index >= 15 is 0 Å². The fourth-order valence-corrected chi connectivity index (χ4v) is 4.04. The number of rotatable bonds is 15. The van der Waals surface area contributed by atoms with Gasteiger partial charge in [-0.15, -0.1) is 0 Å². The molecule has 1 aliphatic rings. The minimum atomic E-state index is -1.92. The molecule has 1 fully saturated rings. The fourth-order valence-electron chi connectivity index (χ4n) is 3.58. The van der Waals surface area contributed by atoms with Gasteiger partial charge in [0.2, 0.25) is 0 Å². The Morgan fingerprint density at radius 3 is 1.92 bits per heavy atom. The first-order valence-corrected chi connectivity index (χ1v) is 14.5. The Kier molecular flexibility index (Phi) is 9.00. The van der Waals surface area contributed by atoms with Crippen LogP contribution in [0.4, 0.5) is 0 Å². The topological polar surface area (TPSA) is 21.8 Å². The van der Waals surface area contributed by atoms with Gasteiger partial charge in [-0.3, -0.25) is 0 Å². The predicted molar refractivity (Wildman–Crippen MR) is 117 cm³/mol. The summed E-state index contributed by atoms with van der Waals surface area (Å²) in [5, 5.41) is 0. The highest BCUT2D eigenvalue weighted by Gasteiger charge is 2.51. The van der Waals surface area contributed by atoms with Crippen LogP contribution in [0.3, 0.4) is 0 Å². The minimum absolute atomic E-state index is 0.339. The van der Waals surface area contributed by atoms with E-state index in [1.54, 1.807) is 0 Å². The number of epoxide rings is 1. The van der Waals surface area contributed by atoms with Gasteiger partial charge in [0.1, 0.15) is 6.10 Å². The zero-order chi connectivity index (χ0) is 21.6.